The van der Waals surface area contributed by atoms with E-state index in [-0.39, 0.29) is 5.78 Å². The topological polar surface area (TPSA) is 43.6 Å². The van der Waals surface area contributed by atoms with E-state index in [4.69, 9.17) is 4.74 Å². The van der Waals surface area contributed by atoms with Crippen molar-refractivity contribution in [2.24, 2.45) is 4.99 Å². The van der Waals surface area contributed by atoms with E-state index in [9.17, 15) is 4.79 Å². The van der Waals surface area contributed by atoms with E-state index in [0.717, 1.165) is 35.5 Å². The lowest BCUT2D eigenvalue weighted by Crippen LogP contribution is -2.07. The maximum Gasteiger partial charge on any atom is 0.195 e. The van der Waals surface area contributed by atoms with Gasteiger partial charge in [-0.25, -0.2) is 0 Å². The highest BCUT2D eigenvalue weighted by atomic mass is 16.5. The van der Waals surface area contributed by atoms with Gasteiger partial charge < -0.3 is 9.30 Å². The Kier molecular flexibility index (Phi) is 4.88. The summed E-state index contributed by atoms with van der Waals surface area (Å²) in [6, 6.07) is 17.3. The minimum Gasteiger partial charge on any atom is -0.494 e. The quantitative estimate of drug-likeness (QED) is 0.359. The summed E-state index contributed by atoms with van der Waals surface area (Å²) < 4.78 is 7.75. The Hall–Kier alpha value is -3.14. The third-order valence-electron chi connectivity index (χ3n) is 4.79. The third-order valence-corrected chi connectivity index (χ3v) is 4.79. The minimum atomic E-state index is 0.00117. The number of hydrogen-bond donors (Lipinski definition) is 0. The minimum absolute atomic E-state index is 0.00117. The van der Waals surface area contributed by atoms with Crippen molar-refractivity contribution in [3.63, 3.8) is 0 Å². The van der Waals surface area contributed by atoms with Crippen LogP contribution in [0.3, 0.4) is 0 Å². The summed E-state index contributed by atoms with van der Waals surface area (Å²) in [6.45, 7) is 3.55. The first-order valence-electron chi connectivity index (χ1n) is 9.35. The molecule has 0 spiro atoms. The van der Waals surface area contributed by atoms with Crippen LogP contribution in [0.2, 0.25) is 0 Å². The molecule has 1 aliphatic rings. The molecule has 4 nitrogen and oxygen atoms in total. The number of aliphatic imine (C=N–C) groups is 1. The van der Waals surface area contributed by atoms with Gasteiger partial charge in [-0.3, -0.25) is 9.79 Å². The lowest BCUT2D eigenvalue weighted by Gasteiger charge is -2.07. The molecule has 0 saturated carbocycles. The van der Waals surface area contributed by atoms with Gasteiger partial charge in [0.05, 0.1) is 24.2 Å². The average molecular weight is 358 g/mol. The first-order valence-corrected chi connectivity index (χ1v) is 9.35. The van der Waals surface area contributed by atoms with Gasteiger partial charge in [0.1, 0.15) is 5.75 Å². The van der Waals surface area contributed by atoms with E-state index < -0.39 is 0 Å². The summed E-state index contributed by atoms with van der Waals surface area (Å²) in [4.78, 5) is 17.6. The molecule has 0 N–H and O–H groups in total. The number of fused-ring (bicyclic) bond motifs is 2. The molecule has 0 atom stereocenters. The molecule has 0 bridgehead atoms. The second kappa shape index (κ2) is 7.62. The standard InChI is InChI=1S/C23H22N2O2/c1-2-3-14-27-19-10-8-17(9-11-19)23(26)20-12-13-25-16-18-6-4-5-7-21(18)24-15-22(20)25/h4-13,15H,2-3,14,16H2,1H3. The Balaban J connectivity index is 1.57. The van der Waals surface area contributed by atoms with E-state index in [1.165, 1.54) is 0 Å². The Labute approximate surface area is 159 Å². The number of unbranched alkanes of at least 4 members (excludes halogenated alkanes) is 1. The van der Waals surface area contributed by atoms with Crippen molar-refractivity contribution in [1.82, 2.24) is 4.57 Å². The SMILES string of the molecule is CCCCOc1ccc(C(=O)c2ccn3c2C=Nc2ccccc2C3)cc1. The zero-order valence-electron chi connectivity index (χ0n) is 15.4. The average Bonchev–Trinajstić information content (AvgIpc) is 3.00. The molecule has 27 heavy (non-hydrogen) atoms. The van der Waals surface area contributed by atoms with Gasteiger partial charge in [-0.2, -0.15) is 0 Å². The van der Waals surface area contributed by atoms with Gasteiger partial charge in [-0.1, -0.05) is 31.5 Å². The summed E-state index contributed by atoms with van der Waals surface area (Å²) in [6.07, 6.45) is 5.88. The van der Waals surface area contributed by atoms with Crippen molar-refractivity contribution < 1.29 is 9.53 Å². The monoisotopic (exact) mass is 358 g/mol. The van der Waals surface area contributed by atoms with Crippen molar-refractivity contribution >= 4 is 17.7 Å². The summed E-state index contributed by atoms with van der Waals surface area (Å²) in [5.74, 6) is 0.800. The van der Waals surface area contributed by atoms with Crippen LogP contribution in [-0.2, 0) is 6.54 Å². The summed E-state index contributed by atoms with van der Waals surface area (Å²) in [7, 11) is 0. The van der Waals surface area contributed by atoms with Crippen LogP contribution >= 0.6 is 0 Å². The second-order valence-corrected chi connectivity index (χ2v) is 6.68. The highest BCUT2D eigenvalue weighted by Gasteiger charge is 2.19. The Morgan fingerprint density at radius 2 is 1.93 bits per heavy atom. The number of ketones is 1. The number of benzene rings is 2. The molecule has 136 valence electrons. The first-order chi connectivity index (χ1) is 13.3. The van der Waals surface area contributed by atoms with E-state index in [1.807, 2.05) is 54.7 Å². The molecule has 2 heterocycles. The van der Waals surface area contributed by atoms with Crippen LogP contribution in [0.15, 0.2) is 65.8 Å². The molecular formula is C23H22N2O2. The zero-order chi connectivity index (χ0) is 18.6. The van der Waals surface area contributed by atoms with Gasteiger partial charge in [-0.05, 0) is 48.4 Å². The molecule has 1 aromatic heterocycles. The number of hydrogen-bond acceptors (Lipinski definition) is 3. The fourth-order valence-corrected chi connectivity index (χ4v) is 3.24. The van der Waals surface area contributed by atoms with Gasteiger partial charge in [0.15, 0.2) is 5.78 Å². The summed E-state index contributed by atoms with van der Waals surface area (Å²) >= 11 is 0. The van der Waals surface area contributed by atoms with Crippen molar-refractivity contribution in [2.45, 2.75) is 26.3 Å². The van der Waals surface area contributed by atoms with E-state index in [2.05, 4.69) is 22.5 Å². The van der Waals surface area contributed by atoms with Gasteiger partial charge in [0, 0.05) is 23.9 Å². The Morgan fingerprint density at radius 3 is 2.74 bits per heavy atom. The molecule has 0 radical (unpaired) electrons. The number of para-hydroxylation sites is 1. The lowest BCUT2D eigenvalue weighted by molar-refractivity contribution is 0.103. The molecule has 3 aromatic rings. The molecule has 0 fully saturated rings. The summed E-state index contributed by atoms with van der Waals surface area (Å²) in [5.41, 5.74) is 4.27. The first kappa shape index (κ1) is 17.3. The van der Waals surface area contributed by atoms with Crippen LogP contribution in [-0.4, -0.2) is 23.2 Å². The van der Waals surface area contributed by atoms with Crippen molar-refractivity contribution in [3.05, 3.63) is 83.2 Å². The van der Waals surface area contributed by atoms with Gasteiger partial charge in [0.2, 0.25) is 0 Å². The van der Waals surface area contributed by atoms with E-state index in [0.29, 0.717) is 24.3 Å². The highest BCUT2D eigenvalue weighted by Crippen LogP contribution is 2.26. The van der Waals surface area contributed by atoms with E-state index in [1.54, 1.807) is 6.21 Å². The molecule has 1 aliphatic heterocycles. The predicted molar refractivity (Wildman–Crippen MR) is 108 cm³/mol. The molecule has 2 aromatic carbocycles. The molecule has 4 rings (SSSR count). The highest BCUT2D eigenvalue weighted by molar-refractivity contribution is 6.13. The lowest BCUT2D eigenvalue weighted by atomic mass is 10.0. The fourth-order valence-electron chi connectivity index (χ4n) is 3.24. The number of nitrogens with zero attached hydrogens (tertiary/aromatic N) is 2. The smallest absolute Gasteiger partial charge is 0.195 e. The van der Waals surface area contributed by atoms with Crippen molar-refractivity contribution in [1.29, 1.82) is 0 Å². The van der Waals surface area contributed by atoms with Gasteiger partial charge in [0.25, 0.3) is 0 Å². The largest absolute Gasteiger partial charge is 0.494 e. The third kappa shape index (κ3) is 3.56. The second-order valence-electron chi connectivity index (χ2n) is 6.68. The van der Waals surface area contributed by atoms with Crippen LogP contribution in [0.25, 0.3) is 0 Å². The normalized spacial score (nSPS) is 12.2. The van der Waals surface area contributed by atoms with Crippen LogP contribution in [0.1, 0.15) is 46.9 Å². The fraction of sp³-hybridized carbons (Fsp3) is 0.217. The van der Waals surface area contributed by atoms with Crippen LogP contribution in [0.4, 0.5) is 5.69 Å². The number of rotatable bonds is 6. The molecule has 0 amide bonds. The Bertz CT molecular complexity index is 984. The molecular weight excluding hydrogens is 336 g/mol. The van der Waals surface area contributed by atoms with E-state index >= 15 is 0 Å². The van der Waals surface area contributed by atoms with Crippen molar-refractivity contribution in [3.8, 4) is 5.75 Å². The number of ether oxygens (including phenoxy) is 1. The van der Waals surface area contributed by atoms with Gasteiger partial charge in [-0.15, -0.1) is 0 Å². The predicted octanol–water partition coefficient (Wildman–Crippen LogP) is 5.01. The van der Waals surface area contributed by atoms with Crippen LogP contribution < -0.4 is 4.74 Å². The van der Waals surface area contributed by atoms with Crippen LogP contribution in [0.5, 0.6) is 5.75 Å². The van der Waals surface area contributed by atoms with Crippen molar-refractivity contribution in [2.75, 3.05) is 6.61 Å². The number of aromatic nitrogens is 1. The summed E-state index contributed by atoms with van der Waals surface area (Å²) in [5, 5.41) is 0. The molecule has 0 saturated heterocycles. The Morgan fingerprint density at radius 1 is 1.11 bits per heavy atom. The number of carbonyl (C=O) groups excluding carboxylic acids is 1. The maximum absolute atomic E-state index is 13.0. The number of carbonyl (C=O) groups is 1. The zero-order valence-corrected chi connectivity index (χ0v) is 15.4. The van der Waals surface area contributed by atoms with Crippen LogP contribution in [0, 0.1) is 0 Å². The van der Waals surface area contributed by atoms with Gasteiger partial charge >= 0.3 is 0 Å². The molecule has 0 aliphatic carbocycles. The maximum atomic E-state index is 13.0. The molecule has 0 unspecified atom stereocenters. The molecule has 4 heteroatoms.